The highest BCUT2D eigenvalue weighted by molar-refractivity contribution is 5.78. The summed E-state index contributed by atoms with van der Waals surface area (Å²) in [6.07, 6.45) is 2.27. The number of nitrogens with zero attached hydrogens (tertiary/aromatic N) is 3. The summed E-state index contributed by atoms with van der Waals surface area (Å²) < 4.78 is 0. The Morgan fingerprint density at radius 1 is 1.19 bits per heavy atom. The highest BCUT2D eigenvalue weighted by Crippen LogP contribution is 2.23. The third kappa shape index (κ3) is 4.84. The average molecular weight is 360 g/mol. The number of piperidine rings is 1. The largest absolute Gasteiger partial charge is 0.395 e. The molecule has 0 aromatic heterocycles. The van der Waals surface area contributed by atoms with E-state index in [1.807, 2.05) is 4.90 Å². The van der Waals surface area contributed by atoms with Gasteiger partial charge in [-0.2, -0.15) is 0 Å². The molecule has 2 heterocycles. The van der Waals surface area contributed by atoms with Gasteiger partial charge in [0.2, 0.25) is 5.91 Å². The van der Waals surface area contributed by atoms with E-state index < -0.39 is 0 Å². The van der Waals surface area contributed by atoms with Crippen LogP contribution in [-0.4, -0.2) is 77.6 Å². The quantitative estimate of drug-likeness (QED) is 0.870. The smallest absolute Gasteiger partial charge is 0.236 e. The number of aliphatic hydroxyl groups is 1. The number of benzene rings is 1. The predicted molar refractivity (Wildman–Crippen MR) is 104 cm³/mol. The van der Waals surface area contributed by atoms with Crippen LogP contribution in [-0.2, 0) is 11.3 Å². The molecule has 5 heteroatoms. The number of amides is 1. The Bertz CT molecular complexity index is 599. The summed E-state index contributed by atoms with van der Waals surface area (Å²) in [5.41, 5.74) is 2.64. The van der Waals surface area contributed by atoms with E-state index in [0.717, 1.165) is 52.1 Å². The molecule has 5 nitrogen and oxygen atoms in total. The normalized spacial score (nSPS) is 25.4. The highest BCUT2D eigenvalue weighted by atomic mass is 16.3. The van der Waals surface area contributed by atoms with Crippen LogP contribution in [0.25, 0.3) is 0 Å². The van der Waals surface area contributed by atoms with E-state index in [1.165, 1.54) is 11.1 Å². The van der Waals surface area contributed by atoms with Crippen LogP contribution in [0, 0.1) is 12.8 Å². The number of carbonyl (C=O) groups is 1. The fourth-order valence-corrected chi connectivity index (χ4v) is 4.32. The van der Waals surface area contributed by atoms with Crippen LogP contribution >= 0.6 is 0 Å². The van der Waals surface area contributed by atoms with Gasteiger partial charge in [0.1, 0.15) is 0 Å². The van der Waals surface area contributed by atoms with E-state index in [2.05, 4.69) is 47.9 Å². The first-order valence-electron chi connectivity index (χ1n) is 9.97. The molecule has 0 radical (unpaired) electrons. The Hall–Kier alpha value is -1.43. The van der Waals surface area contributed by atoms with E-state index in [4.69, 9.17) is 0 Å². The standard InChI is InChI=1S/C21H33N3O2/c1-17-5-3-7-19(13-17)14-22-9-11-23(12-10-22)21(26)15-24-8-4-6-18(2)20(24)16-25/h3,5,7,13,18,20,25H,4,6,8-12,14-16H2,1-2H3. The van der Waals surface area contributed by atoms with Gasteiger partial charge in [0, 0.05) is 38.8 Å². The van der Waals surface area contributed by atoms with Crippen molar-refractivity contribution in [2.45, 2.75) is 39.3 Å². The monoisotopic (exact) mass is 359 g/mol. The van der Waals surface area contributed by atoms with Crippen LogP contribution in [0.1, 0.15) is 30.9 Å². The fourth-order valence-electron chi connectivity index (χ4n) is 4.32. The van der Waals surface area contributed by atoms with E-state index in [-0.39, 0.29) is 18.6 Å². The first-order chi connectivity index (χ1) is 12.6. The second-order valence-electron chi connectivity index (χ2n) is 7.99. The third-order valence-corrected chi connectivity index (χ3v) is 5.97. The number of aliphatic hydroxyl groups excluding tert-OH is 1. The Morgan fingerprint density at radius 3 is 2.65 bits per heavy atom. The zero-order chi connectivity index (χ0) is 18.5. The molecule has 2 saturated heterocycles. The Kier molecular flexibility index (Phi) is 6.68. The van der Waals surface area contributed by atoms with Gasteiger partial charge in [-0.25, -0.2) is 0 Å². The van der Waals surface area contributed by atoms with Gasteiger partial charge in [0.25, 0.3) is 0 Å². The van der Waals surface area contributed by atoms with Crippen molar-refractivity contribution in [2.75, 3.05) is 45.9 Å². The van der Waals surface area contributed by atoms with Crippen LogP contribution in [0.15, 0.2) is 24.3 Å². The van der Waals surface area contributed by atoms with Gasteiger partial charge in [0.15, 0.2) is 0 Å². The van der Waals surface area contributed by atoms with E-state index in [1.54, 1.807) is 0 Å². The van der Waals surface area contributed by atoms with Gasteiger partial charge in [-0.1, -0.05) is 36.8 Å². The summed E-state index contributed by atoms with van der Waals surface area (Å²) in [5.74, 6) is 0.681. The summed E-state index contributed by atoms with van der Waals surface area (Å²) in [4.78, 5) is 19.3. The lowest BCUT2D eigenvalue weighted by Gasteiger charge is -2.40. The molecule has 2 aliphatic rings. The number of hydrogen-bond donors (Lipinski definition) is 1. The summed E-state index contributed by atoms with van der Waals surface area (Å²) in [6.45, 7) is 10.3. The molecule has 2 fully saturated rings. The Balaban J connectivity index is 1.47. The zero-order valence-electron chi connectivity index (χ0n) is 16.2. The molecule has 0 spiro atoms. The van der Waals surface area contributed by atoms with Crippen molar-refractivity contribution in [1.82, 2.24) is 14.7 Å². The van der Waals surface area contributed by atoms with E-state index in [9.17, 15) is 9.90 Å². The molecule has 0 bridgehead atoms. The van der Waals surface area contributed by atoms with Crippen LogP contribution in [0.3, 0.4) is 0 Å². The summed E-state index contributed by atoms with van der Waals surface area (Å²) >= 11 is 0. The maximum absolute atomic E-state index is 12.7. The van der Waals surface area contributed by atoms with Gasteiger partial charge in [-0.05, 0) is 37.8 Å². The van der Waals surface area contributed by atoms with Crippen molar-refractivity contribution in [3.8, 4) is 0 Å². The fraction of sp³-hybridized carbons (Fsp3) is 0.667. The van der Waals surface area contributed by atoms with Gasteiger partial charge in [-0.3, -0.25) is 14.6 Å². The molecule has 1 aromatic carbocycles. The average Bonchev–Trinajstić information content (AvgIpc) is 2.62. The van der Waals surface area contributed by atoms with Crippen LogP contribution in [0.4, 0.5) is 0 Å². The number of aryl methyl sites for hydroxylation is 1. The molecule has 1 amide bonds. The number of carbonyl (C=O) groups excluding carboxylic acids is 1. The van der Waals surface area contributed by atoms with E-state index >= 15 is 0 Å². The second-order valence-corrected chi connectivity index (χ2v) is 7.99. The lowest BCUT2D eigenvalue weighted by Crippen LogP contribution is -2.54. The predicted octanol–water partition coefficient (Wildman–Crippen LogP) is 1.73. The van der Waals surface area contributed by atoms with Gasteiger partial charge >= 0.3 is 0 Å². The highest BCUT2D eigenvalue weighted by Gasteiger charge is 2.31. The first kappa shape index (κ1) is 19.3. The molecule has 0 saturated carbocycles. The number of hydrogen-bond acceptors (Lipinski definition) is 4. The molecule has 0 aliphatic carbocycles. The Morgan fingerprint density at radius 2 is 1.96 bits per heavy atom. The lowest BCUT2D eigenvalue weighted by atomic mass is 9.91. The minimum absolute atomic E-state index is 0.135. The van der Waals surface area contributed by atoms with Crippen LogP contribution < -0.4 is 0 Å². The molecular formula is C21H33N3O2. The molecule has 2 atom stereocenters. The molecule has 1 N–H and O–H groups in total. The Labute approximate surface area is 157 Å². The molecule has 26 heavy (non-hydrogen) atoms. The van der Waals surface area contributed by atoms with Crippen molar-refractivity contribution in [3.05, 3.63) is 35.4 Å². The lowest BCUT2D eigenvalue weighted by molar-refractivity contribution is -0.135. The zero-order valence-corrected chi connectivity index (χ0v) is 16.2. The maximum Gasteiger partial charge on any atom is 0.236 e. The van der Waals surface area contributed by atoms with Crippen LogP contribution in [0.2, 0.25) is 0 Å². The van der Waals surface area contributed by atoms with Crippen molar-refractivity contribution >= 4 is 5.91 Å². The molecule has 3 rings (SSSR count). The van der Waals surface area contributed by atoms with Gasteiger partial charge < -0.3 is 10.0 Å². The third-order valence-electron chi connectivity index (χ3n) is 5.97. The number of likely N-dealkylation sites (tertiary alicyclic amines) is 1. The summed E-state index contributed by atoms with van der Waals surface area (Å²) in [7, 11) is 0. The molecule has 144 valence electrons. The van der Waals surface area contributed by atoms with Crippen molar-refractivity contribution < 1.29 is 9.90 Å². The summed E-state index contributed by atoms with van der Waals surface area (Å²) in [5, 5.41) is 9.68. The minimum atomic E-state index is 0.135. The summed E-state index contributed by atoms with van der Waals surface area (Å²) in [6, 6.07) is 8.79. The van der Waals surface area contributed by atoms with Crippen molar-refractivity contribution in [1.29, 1.82) is 0 Å². The van der Waals surface area contributed by atoms with Gasteiger partial charge in [0.05, 0.1) is 13.2 Å². The molecule has 1 aromatic rings. The van der Waals surface area contributed by atoms with E-state index in [0.29, 0.717) is 12.5 Å². The molecule has 2 aliphatic heterocycles. The number of piperazine rings is 1. The maximum atomic E-state index is 12.7. The second kappa shape index (κ2) is 8.98. The van der Waals surface area contributed by atoms with Crippen molar-refractivity contribution in [2.24, 2.45) is 5.92 Å². The SMILES string of the molecule is Cc1cccc(CN2CCN(C(=O)CN3CCCC(C)C3CO)CC2)c1. The van der Waals surface area contributed by atoms with Crippen molar-refractivity contribution in [3.63, 3.8) is 0 Å². The molecular weight excluding hydrogens is 326 g/mol. The van der Waals surface area contributed by atoms with Gasteiger partial charge in [-0.15, -0.1) is 0 Å². The first-order valence-corrected chi connectivity index (χ1v) is 9.97. The topological polar surface area (TPSA) is 47.0 Å². The van der Waals surface area contributed by atoms with Crippen LogP contribution in [0.5, 0.6) is 0 Å². The molecule has 2 unspecified atom stereocenters. The minimum Gasteiger partial charge on any atom is -0.395 e. The number of rotatable bonds is 5.